The van der Waals surface area contributed by atoms with Gasteiger partial charge in [-0.1, -0.05) is 6.07 Å². The number of aromatic nitrogens is 1. The maximum Gasteiger partial charge on any atom is 0.218 e. The van der Waals surface area contributed by atoms with Crippen LogP contribution in [0.25, 0.3) is 0 Å². The second-order valence-corrected chi connectivity index (χ2v) is 4.57. The second kappa shape index (κ2) is 4.94. The summed E-state index contributed by atoms with van der Waals surface area (Å²) in [5.74, 6) is -2.51. The Hall–Kier alpha value is -1.62. The first-order valence-electron chi connectivity index (χ1n) is 5.12. The lowest BCUT2D eigenvalue weighted by atomic mass is 10.0. The monoisotopic (exact) mass is 311 g/mol. The maximum atomic E-state index is 13.8. The highest BCUT2D eigenvalue weighted by atomic mass is 79.9. The molecule has 1 aromatic carbocycles. The zero-order chi connectivity index (χ0) is 13.3. The van der Waals surface area contributed by atoms with Crippen LogP contribution < -0.4 is 0 Å². The van der Waals surface area contributed by atoms with Crippen LogP contribution in [0.4, 0.5) is 8.78 Å². The normalized spacial score (nSPS) is 10.4. The third-order valence-corrected chi connectivity index (χ3v) is 3.12. The van der Waals surface area contributed by atoms with Crippen LogP contribution in [0.3, 0.4) is 0 Å². The number of halogens is 3. The minimum atomic E-state index is -0.888. The van der Waals surface area contributed by atoms with E-state index in [1.165, 1.54) is 19.2 Å². The van der Waals surface area contributed by atoms with Crippen LogP contribution in [0, 0.1) is 18.6 Å². The largest absolute Gasteiger partial charge is 0.287 e. The summed E-state index contributed by atoms with van der Waals surface area (Å²) in [7, 11) is 0. The third-order valence-electron chi connectivity index (χ3n) is 2.48. The molecule has 0 unspecified atom stereocenters. The van der Waals surface area contributed by atoms with E-state index >= 15 is 0 Å². The van der Waals surface area contributed by atoms with Crippen molar-refractivity contribution in [3.8, 4) is 0 Å². The first-order chi connectivity index (χ1) is 8.52. The molecule has 0 aliphatic carbocycles. The number of ketones is 1. The van der Waals surface area contributed by atoms with Crippen LogP contribution in [0.5, 0.6) is 0 Å². The Bertz CT molecular complexity index is 628. The van der Waals surface area contributed by atoms with E-state index < -0.39 is 23.0 Å². The zero-order valence-corrected chi connectivity index (χ0v) is 11.0. The van der Waals surface area contributed by atoms with Gasteiger partial charge < -0.3 is 0 Å². The molecule has 0 aliphatic heterocycles. The Balaban J connectivity index is 2.61. The molecule has 0 N–H and O–H groups in total. The first kappa shape index (κ1) is 12.8. The molecule has 2 aromatic rings. The lowest BCUT2D eigenvalue weighted by Crippen LogP contribution is -2.11. The van der Waals surface area contributed by atoms with Gasteiger partial charge in [-0.25, -0.2) is 8.78 Å². The van der Waals surface area contributed by atoms with Crippen molar-refractivity contribution in [1.82, 2.24) is 4.98 Å². The molecule has 0 amide bonds. The van der Waals surface area contributed by atoms with Crippen molar-refractivity contribution in [2.75, 3.05) is 0 Å². The van der Waals surface area contributed by atoms with Gasteiger partial charge in [0.25, 0.3) is 0 Å². The molecule has 92 valence electrons. The number of nitrogens with zero attached hydrogens (tertiary/aromatic N) is 1. The quantitative estimate of drug-likeness (QED) is 0.792. The van der Waals surface area contributed by atoms with Gasteiger partial charge in [0.1, 0.15) is 17.3 Å². The summed E-state index contributed by atoms with van der Waals surface area (Å²) in [5.41, 5.74) is -0.373. The highest BCUT2D eigenvalue weighted by Crippen LogP contribution is 2.22. The molecule has 0 radical (unpaired) electrons. The Morgan fingerprint density at radius 3 is 2.67 bits per heavy atom. The van der Waals surface area contributed by atoms with Gasteiger partial charge >= 0.3 is 0 Å². The summed E-state index contributed by atoms with van der Waals surface area (Å²) < 4.78 is 27.8. The zero-order valence-electron chi connectivity index (χ0n) is 9.38. The van der Waals surface area contributed by atoms with Crippen molar-refractivity contribution in [1.29, 1.82) is 0 Å². The number of rotatable bonds is 2. The Morgan fingerprint density at radius 1 is 1.28 bits per heavy atom. The number of pyridine rings is 1. The molecule has 0 aliphatic rings. The fraction of sp³-hybridized carbons (Fsp3) is 0.0769. The fourth-order valence-electron chi connectivity index (χ4n) is 1.54. The van der Waals surface area contributed by atoms with E-state index in [-0.39, 0.29) is 11.3 Å². The molecule has 0 spiro atoms. The van der Waals surface area contributed by atoms with E-state index in [2.05, 4.69) is 20.9 Å². The maximum absolute atomic E-state index is 13.8. The first-order valence-corrected chi connectivity index (χ1v) is 5.91. The third kappa shape index (κ3) is 2.18. The van der Waals surface area contributed by atoms with Gasteiger partial charge in [-0.3, -0.25) is 9.78 Å². The Morgan fingerprint density at radius 2 is 2.00 bits per heavy atom. The van der Waals surface area contributed by atoms with Crippen molar-refractivity contribution >= 4 is 21.7 Å². The van der Waals surface area contributed by atoms with E-state index in [0.717, 1.165) is 6.07 Å². The van der Waals surface area contributed by atoms with Crippen molar-refractivity contribution in [2.45, 2.75) is 6.92 Å². The molecule has 2 rings (SSSR count). The van der Waals surface area contributed by atoms with Gasteiger partial charge in [-0.15, -0.1) is 0 Å². The predicted octanol–water partition coefficient (Wildman–Crippen LogP) is 3.66. The summed E-state index contributed by atoms with van der Waals surface area (Å²) in [4.78, 5) is 15.9. The van der Waals surface area contributed by atoms with Crippen molar-refractivity contribution < 1.29 is 13.6 Å². The lowest BCUT2D eigenvalue weighted by Gasteiger charge is -2.07. The van der Waals surface area contributed by atoms with Crippen LogP contribution in [-0.4, -0.2) is 10.8 Å². The summed E-state index contributed by atoms with van der Waals surface area (Å²) in [6.45, 7) is 1.47. The highest BCUT2D eigenvalue weighted by molar-refractivity contribution is 9.10. The number of benzene rings is 1. The van der Waals surface area contributed by atoms with Crippen LogP contribution in [0.2, 0.25) is 0 Å². The average molecular weight is 312 g/mol. The van der Waals surface area contributed by atoms with Gasteiger partial charge in [-0.05, 0) is 46.6 Å². The predicted molar refractivity (Wildman–Crippen MR) is 66.5 cm³/mol. The molecule has 5 heteroatoms. The standard InChI is InChI=1S/C13H8BrF2NO/c1-7-4-5-9(15)10(11(7)16)13(18)12-8(14)3-2-6-17-12/h2-6H,1H3. The summed E-state index contributed by atoms with van der Waals surface area (Å²) in [6, 6.07) is 5.56. The van der Waals surface area contributed by atoms with E-state index in [9.17, 15) is 13.6 Å². The molecule has 0 saturated carbocycles. The Labute approximate surface area is 111 Å². The minimum Gasteiger partial charge on any atom is -0.287 e. The fourth-order valence-corrected chi connectivity index (χ4v) is 1.97. The molecule has 0 atom stereocenters. The Kier molecular flexibility index (Phi) is 3.52. The van der Waals surface area contributed by atoms with Crippen LogP contribution in [0.15, 0.2) is 34.9 Å². The lowest BCUT2D eigenvalue weighted by molar-refractivity contribution is 0.102. The van der Waals surface area contributed by atoms with Gasteiger partial charge in [0.05, 0.1) is 5.56 Å². The minimum absolute atomic E-state index is 0.0131. The average Bonchev–Trinajstić information content (AvgIpc) is 2.35. The highest BCUT2D eigenvalue weighted by Gasteiger charge is 2.22. The van der Waals surface area contributed by atoms with Crippen molar-refractivity contribution in [2.24, 2.45) is 0 Å². The molecule has 0 saturated heterocycles. The van der Waals surface area contributed by atoms with Gasteiger partial charge in [0.15, 0.2) is 0 Å². The van der Waals surface area contributed by atoms with Gasteiger partial charge in [0, 0.05) is 10.7 Å². The number of aryl methyl sites for hydroxylation is 1. The molecule has 0 bridgehead atoms. The summed E-state index contributed by atoms with van der Waals surface area (Å²) in [6.07, 6.45) is 1.39. The van der Waals surface area contributed by atoms with E-state index in [4.69, 9.17) is 0 Å². The van der Waals surface area contributed by atoms with E-state index in [0.29, 0.717) is 4.47 Å². The van der Waals surface area contributed by atoms with Crippen LogP contribution in [0.1, 0.15) is 21.6 Å². The molecule has 1 heterocycles. The number of carbonyl (C=O) groups excluding carboxylic acids is 1. The number of hydrogen-bond acceptors (Lipinski definition) is 2. The van der Waals surface area contributed by atoms with E-state index in [1.807, 2.05) is 0 Å². The number of hydrogen-bond donors (Lipinski definition) is 0. The van der Waals surface area contributed by atoms with E-state index in [1.54, 1.807) is 12.1 Å². The molecular weight excluding hydrogens is 304 g/mol. The molecular formula is C13H8BrF2NO. The summed E-state index contributed by atoms with van der Waals surface area (Å²) in [5, 5.41) is 0. The molecule has 2 nitrogen and oxygen atoms in total. The molecule has 1 aromatic heterocycles. The van der Waals surface area contributed by atoms with Crippen molar-refractivity contribution in [3.05, 3.63) is 63.4 Å². The van der Waals surface area contributed by atoms with Gasteiger partial charge in [-0.2, -0.15) is 0 Å². The van der Waals surface area contributed by atoms with Gasteiger partial charge in [0.2, 0.25) is 5.78 Å². The SMILES string of the molecule is Cc1ccc(F)c(C(=O)c2ncccc2Br)c1F. The topological polar surface area (TPSA) is 30.0 Å². The molecule has 18 heavy (non-hydrogen) atoms. The summed E-state index contributed by atoms with van der Waals surface area (Å²) >= 11 is 3.13. The van der Waals surface area contributed by atoms with Crippen LogP contribution in [-0.2, 0) is 0 Å². The van der Waals surface area contributed by atoms with Crippen LogP contribution >= 0.6 is 15.9 Å². The smallest absolute Gasteiger partial charge is 0.218 e. The second-order valence-electron chi connectivity index (χ2n) is 3.72. The van der Waals surface area contributed by atoms with Crippen molar-refractivity contribution in [3.63, 3.8) is 0 Å². The number of carbonyl (C=O) groups is 1. The molecule has 0 fully saturated rings.